The van der Waals surface area contributed by atoms with E-state index in [2.05, 4.69) is 37.4 Å². The molecule has 0 saturated carbocycles. The Morgan fingerprint density at radius 2 is 2.03 bits per heavy atom. The summed E-state index contributed by atoms with van der Waals surface area (Å²) in [5.74, 6) is 0.128. The Hall–Kier alpha value is -2.54. The van der Waals surface area contributed by atoms with Crippen molar-refractivity contribution in [2.24, 2.45) is 10.9 Å². The van der Waals surface area contributed by atoms with Gasteiger partial charge in [-0.05, 0) is 49.1 Å². The van der Waals surface area contributed by atoms with Crippen LogP contribution < -0.4 is 5.32 Å². The van der Waals surface area contributed by atoms with Crippen LogP contribution in [0.4, 0.5) is 0 Å². The third kappa shape index (κ3) is 5.09. The lowest BCUT2D eigenvalue weighted by molar-refractivity contribution is -0.136. The van der Waals surface area contributed by atoms with Crippen LogP contribution in [0.2, 0.25) is 0 Å². The van der Waals surface area contributed by atoms with Crippen molar-refractivity contribution < 1.29 is 14.3 Å². The number of rotatable bonds is 8. The monoisotopic (exact) mass is 455 g/mol. The van der Waals surface area contributed by atoms with Crippen molar-refractivity contribution in [3.8, 4) is 0 Å². The Bertz CT molecular complexity index is 994. The van der Waals surface area contributed by atoms with E-state index in [1.165, 1.54) is 18.9 Å². The van der Waals surface area contributed by atoms with Gasteiger partial charge in [0.2, 0.25) is 5.91 Å². The highest BCUT2D eigenvalue weighted by atomic mass is 32.2. The number of hydrogen-bond acceptors (Lipinski definition) is 6. The first-order chi connectivity index (χ1) is 15.3. The topological polar surface area (TPSA) is 71.0 Å². The smallest absolute Gasteiger partial charge is 0.338 e. The summed E-state index contributed by atoms with van der Waals surface area (Å²) in [4.78, 5) is 32.5. The Morgan fingerprint density at radius 3 is 2.69 bits per heavy atom. The van der Waals surface area contributed by atoms with Crippen LogP contribution >= 0.6 is 11.8 Å². The van der Waals surface area contributed by atoms with E-state index in [9.17, 15) is 9.59 Å². The van der Waals surface area contributed by atoms with Gasteiger partial charge in [0.25, 0.3) is 0 Å². The molecule has 1 aromatic carbocycles. The maximum absolute atomic E-state index is 13.0. The number of aryl methyl sites for hydroxylation is 2. The van der Waals surface area contributed by atoms with Crippen molar-refractivity contribution in [1.29, 1.82) is 0 Å². The summed E-state index contributed by atoms with van der Waals surface area (Å²) in [5, 5.41) is 5.79. The van der Waals surface area contributed by atoms with Crippen LogP contribution in [0.25, 0.3) is 0 Å². The molecule has 1 amide bonds. The number of thioether (sulfide) groups is 1. The zero-order valence-corrected chi connectivity index (χ0v) is 20.6. The van der Waals surface area contributed by atoms with Crippen LogP contribution in [0.15, 0.2) is 45.6 Å². The van der Waals surface area contributed by atoms with Crippen LogP contribution in [-0.4, -0.2) is 35.6 Å². The summed E-state index contributed by atoms with van der Waals surface area (Å²) >= 11 is 1.50. The molecular formula is C25H33N3O3S. The van der Waals surface area contributed by atoms with Crippen molar-refractivity contribution in [1.82, 2.24) is 10.2 Å². The number of benzene rings is 1. The number of methoxy groups -OCH3 is 1. The first-order valence-electron chi connectivity index (χ1n) is 11.2. The summed E-state index contributed by atoms with van der Waals surface area (Å²) in [6.45, 7) is 11.0. The number of nitrogens with one attached hydrogen (secondary N) is 1. The van der Waals surface area contributed by atoms with Gasteiger partial charge < -0.3 is 15.0 Å². The van der Waals surface area contributed by atoms with Gasteiger partial charge in [-0.15, -0.1) is 0 Å². The minimum Gasteiger partial charge on any atom is -0.466 e. The van der Waals surface area contributed by atoms with Crippen LogP contribution in [0.3, 0.4) is 0 Å². The van der Waals surface area contributed by atoms with E-state index in [0.717, 1.165) is 39.7 Å². The maximum atomic E-state index is 13.0. The number of ether oxygens (including phenoxy) is 1. The average molecular weight is 456 g/mol. The predicted molar refractivity (Wildman–Crippen MR) is 130 cm³/mol. The summed E-state index contributed by atoms with van der Waals surface area (Å²) in [5.41, 5.74) is 5.34. The molecule has 0 fully saturated rings. The van der Waals surface area contributed by atoms with Gasteiger partial charge in [-0.3, -0.25) is 4.79 Å². The number of nitrogens with zero attached hydrogens (tertiary/aromatic N) is 2. The molecule has 0 aliphatic carbocycles. The number of aliphatic imine (C=N–C) groups is 1. The lowest BCUT2D eigenvalue weighted by Crippen LogP contribution is -2.38. The molecule has 0 bridgehead atoms. The van der Waals surface area contributed by atoms with E-state index >= 15 is 0 Å². The van der Waals surface area contributed by atoms with Crippen molar-refractivity contribution in [2.75, 3.05) is 13.7 Å². The van der Waals surface area contributed by atoms with E-state index < -0.39 is 0 Å². The summed E-state index contributed by atoms with van der Waals surface area (Å²) in [6.07, 6.45) is 1.80. The quantitative estimate of drug-likeness (QED) is 0.559. The van der Waals surface area contributed by atoms with Gasteiger partial charge in [-0.25, -0.2) is 9.79 Å². The minimum atomic E-state index is -0.381. The van der Waals surface area contributed by atoms with Gasteiger partial charge in [0.15, 0.2) is 5.17 Å². The van der Waals surface area contributed by atoms with Crippen LogP contribution in [0, 0.1) is 19.8 Å². The highest BCUT2D eigenvalue weighted by Gasteiger charge is 2.42. The van der Waals surface area contributed by atoms with Crippen molar-refractivity contribution in [3.63, 3.8) is 0 Å². The minimum absolute atomic E-state index is 0.0247. The van der Waals surface area contributed by atoms with E-state index in [4.69, 9.17) is 9.73 Å². The number of allylic oxidation sites excluding steroid dienone is 1. The number of amides is 1. The van der Waals surface area contributed by atoms with Crippen LogP contribution in [-0.2, 0) is 14.3 Å². The highest BCUT2D eigenvalue weighted by Crippen LogP contribution is 2.46. The second-order valence-electron chi connectivity index (χ2n) is 8.67. The zero-order valence-electron chi connectivity index (χ0n) is 19.8. The largest absolute Gasteiger partial charge is 0.466 e. The number of carbonyl (C=O) groups excluding carboxylic acids is 2. The third-order valence-electron chi connectivity index (χ3n) is 5.74. The molecule has 7 heteroatoms. The third-order valence-corrected chi connectivity index (χ3v) is 6.63. The molecule has 3 rings (SSSR count). The molecule has 1 atom stereocenters. The highest BCUT2D eigenvalue weighted by molar-refractivity contribution is 8.16. The van der Waals surface area contributed by atoms with E-state index in [1.807, 2.05) is 31.1 Å². The molecule has 2 aliphatic heterocycles. The molecule has 0 spiro atoms. The number of fused-ring (bicyclic) bond motifs is 1. The number of hydrogen-bond donors (Lipinski definition) is 1. The molecule has 2 aliphatic rings. The van der Waals surface area contributed by atoms with E-state index in [0.29, 0.717) is 24.5 Å². The zero-order chi connectivity index (χ0) is 23.4. The number of esters is 1. The Balaban J connectivity index is 2.00. The van der Waals surface area contributed by atoms with E-state index in [1.54, 1.807) is 0 Å². The average Bonchev–Trinajstić information content (AvgIpc) is 3.15. The lowest BCUT2D eigenvalue weighted by Gasteiger charge is -2.37. The Morgan fingerprint density at radius 1 is 1.28 bits per heavy atom. The SMILES string of the molecule is CCC1=C(C(=O)OC)[C@@H](c2cc(C)ccc2C)N2C(CC(=O)NCCC(C)C)=CSC2=N1. The second kappa shape index (κ2) is 10.4. The van der Waals surface area contributed by atoms with Crippen molar-refractivity contribution >= 4 is 28.8 Å². The van der Waals surface area contributed by atoms with Crippen molar-refractivity contribution in [3.05, 3.63) is 57.3 Å². The molecular weight excluding hydrogens is 422 g/mol. The molecule has 2 heterocycles. The standard InChI is InChI=1S/C25H33N3O3S/c1-7-20-22(24(30)31-6)23(19-12-16(4)8-9-17(19)5)28-18(14-32-25(28)27-20)13-21(29)26-11-10-15(2)3/h8-9,12,14-15,23H,7,10-11,13H2,1-6H3,(H,26,29)/t23-/m1/s1. The normalized spacial score (nSPS) is 17.8. The molecule has 0 saturated heterocycles. The summed E-state index contributed by atoms with van der Waals surface area (Å²) in [7, 11) is 1.40. The summed E-state index contributed by atoms with van der Waals surface area (Å²) < 4.78 is 5.19. The number of carbonyl (C=O) groups is 2. The Kier molecular flexibility index (Phi) is 7.82. The van der Waals surface area contributed by atoms with Crippen molar-refractivity contribution in [2.45, 2.75) is 59.9 Å². The van der Waals surface area contributed by atoms with Gasteiger partial charge in [-0.2, -0.15) is 0 Å². The fraction of sp³-hybridized carbons (Fsp3) is 0.480. The number of amidine groups is 1. The fourth-order valence-corrected chi connectivity index (χ4v) is 4.93. The molecule has 1 aromatic rings. The predicted octanol–water partition coefficient (Wildman–Crippen LogP) is 4.99. The Labute approximate surface area is 195 Å². The molecule has 1 N–H and O–H groups in total. The molecule has 172 valence electrons. The second-order valence-corrected chi connectivity index (χ2v) is 9.51. The maximum Gasteiger partial charge on any atom is 0.338 e. The van der Waals surface area contributed by atoms with Gasteiger partial charge in [-0.1, -0.05) is 56.3 Å². The molecule has 0 unspecified atom stereocenters. The lowest BCUT2D eigenvalue weighted by atomic mass is 9.89. The molecule has 0 radical (unpaired) electrons. The summed E-state index contributed by atoms with van der Waals surface area (Å²) in [6, 6.07) is 5.87. The molecule has 6 nitrogen and oxygen atoms in total. The van der Waals surface area contributed by atoms with Gasteiger partial charge in [0, 0.05) is 12.2 Å². The van der Waals surface area contributed by atoms with Gasteiger partial charge >= 0.3 is 5.97 Å². The van der Waals surface area contributed by atoms with Crippen LogP contribution in [0.5, 0.6) is 0 Å². The first kappa shape index (κ1) is 24.1. The van der Waals surface area contributed by atoms with Crippen LogP contribution in [0.1, 0.15) is 62.8 Å². The van der Waals surface area contributed by atoms with Gasteiger partial charge in [0.05, 0.1) is 30.8 Å². The van der Waals surface area contributed by atoms with Gasteiger partial charge in [0.1, 0.15) is 0 Å². The fourth-order valence-electron chi connectivity index (χ4n) is 3.99. The molecule has 32 heavy (non-hydrogen) atoms. The van der Waals surface area contributed by atoms with E-state index in [-0.39, 0.29) is 24.3 Å². The first-order valence-corrected chi connectivity index (χ1v) is 12.0. The molecule has 0 aromatic heterocycles.